The summed E-state index contributed by atoms with van der Waals surface area (Å²) >= 11 is 5.95. The van der Waals surface area contributed by atoms with Gasteiger partial charge in [-0.05, 0) is 35.4 Å². The van der Waals surface area contributed by atoms with Crippen LogP contribution in [-0.2, 0) is 17.8 Å². The van der Waals surface area contributed by atoms with E-state index >= 15 is 0 Å². The second-order valence-corrected chi connectivity index (χ2v) is 6.50. The van der Waals surface area contributed by atoms with Gasteiger partial charge in [0.05, 0.1) is 13.0 Å². The summed E-state index contributed by atoms with van der Waals surface area (Å²) in [5, 5.41) is 8.57. The van der Waals surface area contributed by atoms with Crippen LogP contribution in [0.3, 0.4) is 0 Å². The van der Waals surface area contributed by atoms with Crippen molar-refractivity contribution < 1.29 is 26.7 Å². The molecular weight excluding hydrogens is 400 g/mol. The molecule has 4 nitrogen and oxygen atoms in total. The molecule has 0 bridgehead atoms. The zero-order valence-electron chi connectivity index (χ0n) is 14.4. The molecule has 1 aromatic heterocycles. The molecule has 0 saturated heterocycles. The van der Waals surface area contributed by atoms with Crippen LogP contribution in [0.4, 0.5) is 17.6 Å². The Hall–Kier alpha value is -2.45. The van der Waals surface area contributed by atoms with Crippen LogP contribution in [0.1, 0.15) is 17.0 Å². The summed E-state index contributed by atoms with van der Waals surface area (Å²) in [6.07, 6.45) is -3.37. The number of halogens is 5. The van der Waals surface area contributed by atoms with Crippen LogP contribution in [0, 0.1) is 0 Å². The Morgan fingerprint density at radius 1 is 1.04 bits per heavy atom. The molecule has 9 heteroatoms. The van der Waals surface area contributed by atoms with E-state index in [2.05, 4.69) is 10.2 Å². The highest BCUT2D eigenvalue weighted by Gasteiger charge is 2.40. The van der Waals surface area contributed by atoms with E-state index < -0.39 is 19.0 Å². The summed E-state index contributed by atoms with van der Waals surface area (Å²) in [4.78, 5) is 0. The molecule has 3 aromatic rings. The molecule has 0 saturated carbocycles. The van der Waals surface area contributed by atoms with E-state index in [0.717, 1.165) is 5.56 Å². The number of benzene rings is 2. The third-order valence-corrected chi connectivity index (χ3v) is 4.00. The first-order chi connectivity index (χ1) is 13.3. The smallest absolute Gasteiger partial charge is 0.330 e. The zero-order chi connectivity index (χ0) is 20.1. The van der Waals surface area contributed by atoms with Crippen LogP contribution >= 0.6 is 11.6 Å². The van der Waals surface area contributed by atoms with Crippen molar-refractivity contribution in [2.75, 3.05) is 6.61 Å². The first-order valence-corrected chi connectivity index (χ1v) is 8.61. The lowest BCUT2D eigenvalue weighted by Gasteiger charge is -2.15. The average Bonchev–Trinajstić information content (AvgIpc) is 3.10. The molecule has 0 radical (unpaired) electrons. The third kappa shape index (κ3) is 5.30. The van der Waals surface area contributed by atoms with Gasteiger partial charge in [0.2, 0.25) is 11.8 Å². The molecule has 148 valence electrons. The number of aromatic nitrogens is 2. The van der Waals surface area contributed by atoms with Gasteiger partial charge in [-0.25, -0.2) is 8.78 Å². The Morgan fingerprint density at radius 3 is 2.54 bits per heavy atom. The Labute approximate surface area is 163 Å². The molecule has 0 spiro atoms. The Morgan fingerprint density at radius 2 is 1.79 bits per heavy atom. The molecule has 0 aliphatic rings. The van der Waals surface area contributed by atoms with Crippen molar-refractivity contribution in [3.05, 3.63) is 70.6 Å². The standard InChI is InChI=1S/C19H15ClF4N2O2/c20-15-6-2-3-12(8-15)9-16-25-26-17(28-16)14-5-1-4-13(7-14)10-27-11-19(23,24)18(21)22/h1-8,18H,9-11H2. The van der Waals surface area contributed by atoms with E-state index in [9.17, 15) is 17.6 Å². The van der Waals surface area contributed by atoms with Crippen molar-refractivity contribution in [2.24, 2.45) is 0 Å². The number of alkyl halides is 4. The van der Waals surface area contributed by atoms with Gasteiger partial charge in [-0.1, -0.05) is 35.9 Å². The molecular formula is C19H15ClF4N2O2. The van der Waals surface area contributed by atoms with Crippen LogP contribution in [0.15, 0.2) is 52.9 Å². The van der Waals surface area contributed by atoms with Gasteiger partial charge in [0.1, 0.15) is 6.61 Å². The fourth-order valence-corrected chi connectivity index (χ4v) is 2.64. The molecule has 0 fully saturated rings. The number of ether oxygens (including phenoxy) is 1. The minimum atomic E-state index is -4.18. The van der Waals surface area contributed by atoms with Gasteiger partial charge in [0, 0.05) is 10.6 Å². The third-order valence-electron chi connectivity index (χ3n) is 3.77. The predicted molar refractivity (Wildman–Crippen MR) is 94.6 cm³/mol. The summed E-state index contributed by atoms with van der Waals surface area (Å²) in [6.45, 7) is -1.61. The van der Waals surface area contributed by atoms with Crippen LogP contribution in [-0.4, -0.2) is 29.2 Å². The Bertz CT molecular complexity index is 934. The first-order valence-electron chi connectivity index (χ1n) is 8.23. The van der Waals surface area contributed by atoms with Crippen molar-refractivity contribution >= 4 is 11.6 Å². The van der Waals surface area contributed by atoms with E-state index in [1.807, 2.05) is 12.1 Å². The Kier molecular flexibility index (Phi) is 6.31. The highest BCUT2D eigenvalue weighted by Crippen LogP contribution is 2.24. The largest absolute Gasteiger partial charge is 0.420 e. The second kappa shape index (κ2) is 8.70. The zero-order valence-corrected chi connectivity index (χ0v) is 15.2. The summed E-state index contributed by atoms with van der Waals surface area (Å²) < 4.78 is 60.4. The van der Waals surface area contributed by atoms with E-state index in [0.29, 0.717) is 28.5 Å². The highest BCUT2D eigenvalue weighted by atomic mass is 35.5. The van der Waals surface area contributed by atoms with Gasteiger partial charge in [-0.3, -0.25) is 0 Å². The molecule has 1 heterocycles. The van der Waals surface area contributed by atoms with Gasteiger partial charge in [0.15, 0.2) is 0 Å². The maximum absolute atomic E-state index is 12.9. The van der Waals surface area contributed by atoms with Gasteiger partial charge in [-0.15, -0.1) is 10.2 Å². The summed E-state index contributed by atoms with van der Waals surface area (Å²) in [6, 6.07) is 13.8. The topological polar surface area (TPSA) is 48.2 Å². The minimum absolute atomic E-state index is 0.247. The maximum atomic E-state index is 12.9. The van der Waals surface area contributed by atoms with Crippen molar-refractivity contribution in [1.29, 1.82) is 0 Å². The average molecular weight is 415 g/mol. The molecule has 0 atom stereocenters. The monoisotopic (exact) mass is 414 g/mol. The van der Waals surface area contributed by atoms with Gasteiger partial charge in [0.25, 0.3) is 0 Å². The van der Waals surface area contributed by atoms with Gasteiger partial charge < -0.3 is 9.15 Å². The molecule has 0 amide bonds. The fraction of sp³-hybridized carbons (Fsp3) is 0.263. The molecule has 0 unspecified atom stereocenters. The van der Waals surface area contributed by atoms with E-state index in [-0.39, 0.29) is 12.5 Å². The van der Waals surface area contributed by atoms with Crippen molar-refractivity contribution in [1.82, 2.24) is 10.2 Å². The van der Waals surface area contributed by atoms with Crippen LogP contribution in [0.25, 0.3) is 11.5 Å². The normalized spacial score (nSPS) is 11.9. The summed E-state index contributed by atoms with van der Waals surface area (Å²) in [5.41, 5.74) is 1.98. The summed E-state index contributed by atoms with van der Waals surface area (Å²) in [5.74, 6) is -3.55. The number of nitrogens with zero attached hydrogens (tertiary/aromatic N) is 2. The van der Waals surface area contributed by atoms with Crippen molar-refractivity contribution in [3.8, 4) is 11.5 Å². The van der Waals surface area contributed by atoms with Crippen molar-refractivity contribution in [2.45, 2.75) is 25.4 Å². The lowest BCUT2D eigenvalue weighted by molar-refractivity contribution is -0.168. The van der Waals surface area contributed by atoms with E-state index in [1.54, 1.807) is 36.4 Å². The highest BCUT2D eigenvalue weighted by molar-refractivity contribution is 6.30. The van der Waals surface area contributed by atoms with Crippen molar-refractivity contribution in [3.63, 3.8) is 0 Å². The molecule has 3 rings (SSSR count). The number of rotatable bonds is 8. The number of hydrogen-bond donors (Lipinski definition) is 0. The summed E-state index contributed by atoms with van der Waals surface area (Å²) in [7, 11) is 0. The lowest BCUT2D eigenvalue weighted by Crippen LogP contribution is -2.32. The number of hydrogen-bond acceptors (Lipinski definition) is 4. The molecule has 0 aliphatic heterocycles. The van der Waals surface area contributed by atoms with E-state index in [4.69, 9.17) is 20.8 Å². The second-order valence-electron chi connectivity index (χ2n) is 6.06. The fourth-order valence-electron chi connectivity index (χ4n) is 2.43. The molecule has 2 aromatic carbocycles. The molecule has 28 heavy (non-hydrogen) atoms. The van der Waals surface area contributed by atoms with Gasteiger partial charge in [-0.2, -0.15) is 8.78 Å². The quantitative estimate of drug-likeness (QED) is 0.463. The molecule has 0 N–H and O–H groups in total. The van der Waals surface area contributed by atoms with Crippen LogP contribution in [0.2, 0.25) is 5.02 Å². The Balaban J connectivity index is 1.65. The lowest BCUT2D eigenvalue weighted by atomic mass is 10.1. The van der Waals surface area contributed by atoms with E-state index in [1.165, 1.54) is 0 Å². The van der Waals surface area contributed by atoms with Crippen LogP contribution < -0.4 is 0 Å². The maximum Gasteiger partial charge on any atom is 0.330 e. The minimum Gasteiger partial charge on any atom is -0.420 e. The van der Waals surface area contributed by atoms with Gasteiger partial charge >= 0.3 is 12.3 Å². The first kappa shape index (κ1) is 20.3. The predicted octanol–water partition coefficient (Wildman–Crippen LogP) is 5.40. The van der Waals surface area contributed by atoms with Crippen LogP contribution in [0.5, 0.6) is 0 Å². The SMILES string of the molecule is FC(F)C(F)(F)COCc1cccc(-c2nnc(Cc3cccc(Cl)c3)o2)c1. The molecule has 0 aliphatic carbocycles.